The summed E-state index contributed by atoms with van der Waals surface area (Å²) >= 11 is 0. The number of hydrogen-bond acceptors (Lipinski definition) is 3. The van der Waals surface area contributed by atoms with E-state index in [1.165, 1.54) is 49.7 Å². The molecule has 2 N–H and O–H groups in total. The summed E-state index contributed by atoms with van der Waals surface area (Å²) in [4.78, 5) is 0. The molecule has 8 rings (SSSR count). The van der Waals surface area contributed by atoms with Crippen LogP contribution in [-0.4, -0.2) is 0 Å². The first-order valence-electron chi connectivity index (χ1n) is 14.7. The van der Waals surface area contributed by atoms with Gasteiger partial charge in [-0.1, -0.05) is 123 Å². The highest BCUT2D eigenvalue weighted by molar-refractivity contribution is 5.87. The van der Waals surface area contributed by atoms with Gasteiger partial charge in [0, 0.05) is 22.2 Å². The van der Waals surface area contributed by atoms with Gasteiger partial charge in [-0.2, -0.15) is 0 Å². The summed E-state index contributed by atoms with van der Waals surface area (Å²) in [6, 6.07) is 47.7. The number of benzene rings is 6. The minimum Gasteiger partial charge on any atom is -0.457 e. The van der Waals surface area contributed by atoms with Crippen molar-refractivity contribution in [3.8, 4) is 22.6 Å². The average Bonchev–Trinajstić information content (AvgIpc) is 3.04. The van der Waals surface area contributed by atoms with E-state index in [2.05, 4.69) is 152 Å². The zero-order valence-corrected chi connectivity index (χ0v) is 23.8. The van der Waals surface area contributed by atoms with Crippen molar-refractivity contribution in [2.45, 2.75) is 31.5 Å². The fourth-order valence-corrected chi connectivity index (χ4v) is 6.99. The summed E-state index contributed by atoms with van der Waals surface area (Å²) < 4.78 is 6.43. The molecule has 2 unspecified atom stereocenters. The van der Waals surface area contributed by atoms with Gasteiger partial charge in [0.25, 0.3) is 0 Å². The Labute approximate surface area is 246 Å². The van der Waals surface area contributed by atoms with Gasteiger partial charge in [-0.25, -0.2) is 0 Å². The van der Waals surface area contributed by atoms with Crippen molar-refractivity contribution in [3.05, 3.63) is 161 Å². The van der Waals surface area contributed by atoms with Crippen molar-refractivity contribution in [2.24, 2.45) is 0 Å². The lowest BCUT2D eigenvalue weighted by Crippen LogP contribution is -2.37. The molecule has 6 aromatic carbocycles. The first-order chi connectivity index (χ1) is 20.6. The molecule has 0 fully saturated rings. The van der Waals surface area contributed by atoms with Crippen LogP contribution in [0, 0.1) is 0 Å². The highest BCUT2D eigenvalue weighted by atomic mass is 16.5. The Morgan fingerprint density at radius 1 is 0.643 bits per heavy atom. The van der Waals surface area contributed by atoms with Gasteiger partial charge in [0.15, 0.2) is 0 Å². The first kappa shape index (κ1) is 24.9. The number of fused-ring (bicyclic) bond motifs is 4. The van der Waals surface area contributed by atoms with E-state index in [0.717, 1.165) is 17.2 Å². The zero-order chi connectivity index (χ0) is 28.3. The number of ether oxygens (including phenoxy) is 1. The van der Waals surface area contributed by atoms with Crippen molar-refractivity contribution in [2.75, 3.05) is 5.32 Å². The van der Waals surface area contributed by atoms with Gasteiger partial charge in [-0.05, 0) is 62.9 Å². The van der Waals surface area contributed by atoms with Gasteiger partial charge in [-0.3, -0.25) is 5.32 Å². The molecule has 3 nitrogen and oxygen atoms in total. The second-order valence-electron chi connectivity index (χ2n) is 11.9. The molecule has 0 saturated heterocycles. The molecule has 0 aromatic heterocycles. The summed E-state index contributed by atoms with van der Waals surface area (Å²) in [7, 11) is 0. The van der Waals surface area contributed by atoms with E-state index < -0.39 is 0 Å². The largest absolute Gasteiger partial charge is 0.457 e. The first-order valence-corrected chi connectivity index (χ1v) is 14.7. The molecule has 6 aromatic rings. The number of anilines is 1. The van der Waals surface area contributed by atoms with Crippen molar-refractivity contribution in [3.63, 3.8) is 0 Å². The second-order valence-corrected chi connectivity index (χ2v) is 11.9. The summed E-state index contributed by atoms with van der Waals surface area (Å²) in [5, 5.41) is 10.3. The Hall–Kier alpha value is -4.86. The summed E-state index contributed by atoms with van der Waals surface area (Å²) in [5.74, 6) is 1.87. The maximum atomic E-state index is 6.43. The van der Waals surface area contributed by atoms with E-state index in [9.17, 15) is 0 Å². The highest BCUT2D eigenvalue weighted by Crippen LogP contribution is 2.51. The maximum Gasteiger partial charge on any atom is 0.132 e. The van der Waals surface area contributed by atoms with Crippen molar-refractivity contribution in [1.29, 1.82) is 0 Å². The Bertz CT molecular complexity index is 1970. The van der Waals surface area contributed by atoms with Crippen molar-refractivity contribution < 1.29 is 4.74 Å². The van der Waals surface area contributed by atoms with E-state index in [0.29, 0.717) is 0 Å². The highest BCUT2D eigenvalue weighted by Gasteiger charge is 2.36. The van der Waals surface area contributed by atoms with E-state index in [4.69, 9.17) is 4.74 Å². The lowest BCUT2D eigenvalue weighted by molar-refractivity contribution is 0.419. The molecular weight excluding hydrogens is 512 g/mol. The number of nitrogens with one attached hydrogen (secondary N) is 2. The fourth-order valence-electron chi connectivity index (χ4n) is 6.99. The minimum atomic E-state index is -0.198. The lowest BCUT2D eigenvalue weighted by Gasteiger charge is -2.37. The predicted octanol–water partition coefficient (Wildman–Crippen LogP) is 9.74. The minimum absolute atomic E-state index is 0.0514. The Morgan fingerprint density at radius 2 is 1.36 bits per heavy atom. The lowest BCUT2D eigenvalue weighted by atomic mass is 9.73. The molecule has 0 aliphatic carbocycles. The molecule has 2 atom stereocenters. The second kappa shape index (κ2) is 9.61. The van der Waals surface area contributed by atoms with Gasteiger partial charge in [-0.15, -0.1) is 0 Å². The third-order valence-corrected chi connectivity index (χ3v) is 9.00. The summed E-state index contributed by atoms with van der Waals surface area (Å²) in [5.41, 5.74) is 9.54. The molecule has 0 saturated carbocycles. The van der Waals surface area contributed by atoms with E-state index in [-0.39, 0.29) is 17.6 Å². The molecule has 0 spiro atoms. The number of hydrogen-bond donors (Lipinski definition) is 2. The predicted molar refractivity (Wildman–Crippen MR) is 172 cm³/mol. The smallest absolute Gasteiger partial charge is 0.132 e. The molecule has 3 heteroatoms. The Kier molecular flexibility index (Phi) is 5.70. The molecular formula is C39H32N2O. The topological polar surface area (TPSA) is 33.3 Å². The van der Waals surface area contributed by atoms with Gasteiger partial charge >= 0.3 is 0 Å². The van der Waals surface area contributed by atoms with E-state index in [1.807, 2.05) is 6.07 Å². The monoisotopic (exact) mass is 544 g/mol. The van der Waals surface area contributed by atoms with Gasteiger partial charge in [0.2, 0.25) is 0 Å². The van der Waals surface area contributed by atoms with Crippen LogP contribution < -0.4 is 15.4 Å². The molecule has 0 radical (unpaired) electrons. The molecule has 0 amide bonds. The quantitative estimate of drug-likeness (QED) is 0.233. The van der Waals surface area contributed by atoms with Crippen LogP contribution in [0.2, 0.25) is 0 Å². The molecule has 2 aliphatic rings. The van der Waals surface area contributed by atoms with Gasteiger partial charge in [0.1, 0.15) is 17.7 Å². The summed E-state index contributed by atoms with van der Waals surface area (Å²) in [6.07, 6.45) is -0.0617. The van der Waals surface area contributed by atoms with Crippen LogP contribution >= 0.6 is 0 Å². The van der Waals surface area contributed by atoms with Crippen LogP contribution in [0.25, 0.3) is 21.9 Å². The molecule has 204 valence electrons. The fraction of sp³-hybridized carbons (Fsp3) is 0.128. The van der Waals surface area contributed by atoms with E-state index in [1.54, 1.807) is 0 Å². The maximum absolute atomic E-state index is 6.43. The zero-order valence-electron chi connectivity index (χ0n) is 23.8. The molecule has 2 heterocycles. The number of para-hydroxylation sites is 2. The molecule has 0 bridgehead atoms. The standard InChI is InChI=1S/C39H32N2O/c1-39(2)32-20-6-8-22-34(32)42-35-23-11-18-29(36(35)39)26-14-9-15-27(24-26)38-40-33-21-7-5-17-31(33)37(41-38)30-19-10-13-25-12-3-4-16-28(25)30/h3-24,37-38,40-41H,1-2H3. The van der Waals surface area contributed by atoms with Crippen molar-refractivity contribution in [1.82, 2.24) is 5.32 Å². The van der Waals surface area contributed by atoms with Crippen molar-refractivity contribution >= 4 is 16.5 Å². The Morgan fingerprint density at radius 3 is 2.31 bits per heavy atom. The SMILES string of the molecule is CC1(C)c2ccccc2Oc2cccc(-c3cccc(C4Nc5ccccc5C(c5cccc6ccccc56)N4)c3)c21. The van der Waals surface area contributed by atoms with Crippen LogP contribution in [0.4, 0.5) is 5.69 Å². The van der Waals surface area contributed by atoms with Crippen LogP contribution in [0.3, 0.4) is 0 Å². The molecule has 42 heavy (non-hydrogen) atoms. The van der Waals surface area contributed by atoms with Crippen LogP contribution in [0.5, 0.6) is 11.5 Å². The summed E-state index contributed by atoms with van der Waals surface area (Å²) in [6.45, 7) is 4.60. The van der Waals surface area contributed by atoms with Crippen LogP contribution in [0.1, 0.15) is 53.9 Å². The molecule has 2 aliphatic heterocycles. The van der Waals surface area contributed by atoms with Crippen LogP contribution in [0.15, 0.2) is 133 Å². The van der Waals surface area contributed by atoms with Gasteiger partial charge < -0.3 is 10.1 Å². The Balaban J connectivity index is 1.22. The van der Waals surface area contributed by atoms with E-state index >= 15 is 0 Å². The third-order valence-electron chi connectivity index (χ3n) is 9.00. The average molecular weight is 545 g/mol. The van der Waals surface area contributed by atoms with Gasteiger partial charge in [0.05, 0.1) is 6.04 Å². The number of rotatable bonds is 3. The van der Waals surface area contributed by atoms with Crippen LogP contribution in [-0.2, 0) is 5.41 Å². The third kappa shape index (κ3) is 3.93. The normalized spacial score (nSPS) is 18.2.